The standard InChI is InChI=1S/C25H33N3O2/c1-19-18-22(28-16-12-21(13-17-28)27-14-4-3-5-15-27)8-11-24(19)26-25(29)20-6-9-23(30-2)10-7-20/h6-11,18,21H,3-5,12-17H2,1-2H3,(H,26,29). The number of nitrogens with zero attached hydrogens (tertiary/aromatic N) is 2. The van der Waals surface area contributed by atoms with Crippen LogP contribution in [0.5, 0.6) is 5.75 Å². The van der Waals surface area contributed by atoms with E-state index < -0.39 is 0 Å². The van der Waals surface area contributed by atoms with Crippen molar-refractivity contribution in [2.45, 2.75) is 45.1 Å². The zero-order valence-corrected chi connectivity index (χ0v) is 18.2. The fourth-order valence-corrected chi connectivity index (χ4v) is 4.69. The molecule has 5 nitrogen and oxygen atoms in total. The van der Waals surface area contributed by atoms with Crippen molar-refractivity contribution < 1.29 is 9.53 Å². The summed E-state index contributed by atoms with van der Waals surface area (Å²) < 4.78 is 5.16. The molecule has 4 rings (SSSR count). The SMILES string of the molecule is COc1ccc(C(=O)Nc2ccc(N3CCC(N4CCCCC4)CC3)cc2C)cc1. The summed E-state index contributed by atoms with van der Waals surface area (Å²) in [6, 6.07) is 14.3. The van der Waals surface area contributed by atoms with Crippen molar-refractivity contribution in [2.75, 3.05) is 43.5 Å². The van der Waals surface area contributed by atoms with E-state index in [-0.39, 0.29) is 5.91 Å². The van der Waals surface area contributed by atoms with Gasteiger partial charge in [0.25, 0.3) is 5.91 Å². The normalized spacial score (nSPS) is 18.3. The molecule has 2 aliphatic heterocycles. The van der Waals surface area contributed by atoms with Gasteiger partial charge in [-0.1, -0.05) is 6.42 Å². The van der Waals surface area contributed by atoms with Crippen LogP contribution in [0.25, 0.3) is 0 Å². The molecular formula is C25H33N3O2. The van der Waals surface area contributed by atoms with E-state index in [1.807, 2.05) is 6.07 Å². The van der Waals surface area contributed by atoms with Gasteiger partial charge in [-0.15, -0.1) is 0 Å². The molecule has 2 aromatic rings. The van der Waals surface area contributed by atoms with Gasteiger partial charge in [-0.3, -0.25) is 4.79 Å². The molecule has 2 saturated heterocycles. The Kier molecular flexibility index (Phi) is 6.58. The third-order valence-corrected chi connectivity index (χ3v) is 6.55. The number of hydrogen-bond donors (Lipinski definition) is 1. The topological polar surface area (TPSA) is 44.8 Å². The third-order valence-electron chi connectivity index (χ3n) is 6.55. The van der Waals surface area contributed by atoms with Gasteiger partial charge in [0.1, 0.15) is 5.75 Å². The zero-order chi connectivity index (χ0) is 20.9. The fraction of sp³-hybridized carbons (Fsp3) is 0.480. The Morgan fingerprint density at radius 3 is 2.30 bits per heavy atom. The van der Waals surface area contributed by atoms with Crippen LogP contribution in [0.15, 0.2) is 42.5 Å². The Labute approximate surface area is 180 Å². The highest BCUT2D eigenvalue weighted by Gasteiger charge is 2.25. The Morgan fingerprint density at radius 1 is 0.967 bits per heavy atom. The number of amides is 1. The summed E-state index contributed by atoms with van der Waals surface area (Å²) in [5.41, 5.74) is 3.83. The van der Waals surface area contributed by atoms with Gasteiger partial charge in [0.15, 0.2) is 0 Å². The highest BCUT2D eigenvalue weighted by atomic mass is 16.5. The maximum absolute atomic E-state index is 12.6. The zero-order valence-electron chi connectivity index (χ0n) is 18.2. The van der Waals surface area contributed by atoms with E-state index in [2.05, 4.69) is 34.2 Å². The van der Waals surface area contributed by atoms with Gasteiger partial charge >= 0.3 is 0 Å². The quantitative estimate of drug-likeness (QED) is 0.780. The summed E-state index contributed by atoms with van der Waals surface area (Å²) in [4.78, 5) is 17.8. The lowest BCUT2D eigenvalue weighted by Gasteiger charge is -2.41. The second-order valence-electron chi connectivity index (χ2n) is 8.50. The largest absolute Gasteiger partial charge is 0.497 e. The summed E-state index contributed by atoms with van der Waals surface area (Å²) in [6.45, 7) is 6.85. The highest BCUT2D eigenvalue weighted by molar-refractivity contribution is 6.04. The van der Waals surface area contributed by atoms with Crippen LogP contribution in [-0.2, 0) is 0 Å². The molecule has 0 saturated carbocycles. The lowest BCUT2D eigenvalue weighted by molar-refractivity contribution is 0.102. The number of anilines is 2. The number of carbonyl (C=O) groups excluding carboxylic acids is 1. The Bertz CT molecular complexity index is 851. The van der Waals surface area contributed by atoms with E-state index in [0.717, 1.165) is 36.1 Å². The fourth-order valence-electron chi connectivity index (χ4n) is 4.69. The first-order valence-corrected chi connectivity index (χ1v) is 11.2. The van der Waals surface area contributed by atoms with Crippen molar-refractivity contribution in [1.82, 2.24) is 4.90 Å². The minimum Gasteiger partial charge on any atom is -0.497 e. The van der Waals surface area contributed by atoms with Crippen LogP contribution in [0.2, 0.25) is 0 Å². The number of methoxy groups -OCH3 is 1. The summed E-state index contributed by atoms with van der Waals surface area (Å²) >= 11 is 0. The number of piperidine rings is 2. The molecule has 2 aliphatic rings. The first-order valence-electron chi connectivity index (χ1n) is 11.2. The molecule has 2 fully saturated rings. The van der Waals surface area contributed by atoms with E-state index in [1.54, 1.807) is 31.4 Å². The van der Waals surface area contributed by atoms with Crippen molar-refractivity contribution in [3.8, 4) is 5.75 Å². The van der Waals surface area contributed by atoms with Crippen LogP contribution in [0.1, 0.15) is 48.0 Å². The van der Waals surface area contributed by atoms with Gasteiger partial charge in [-0.2, -0.15) is 0 Å². The number of rotatable bonds is 5. The number of aryl methyl sites for hydroxylation is 1. The van der Waals surface area contributed by atoms with Crippen LogP contribution < -0.4 is 15.0 Å². The molecule has 2 heterocycles. The van der Waals surface area contributed by atoms with E-state index in [9.17, 15) is 4.79 Å². The van der Waals surface area contributed by atoms with E-state index in [1.165, 1.54) is 50.9 Å². The molecule has 5 heteroatoms. The third kappa shape index (κ3) is 4.78. The lowest BCUT2D eigenvalue weighted by Crippen LogP contribution is -2.46. The second kappa shape index (κ2) is 9.52. The van der Waals surface area contributed by atoms with Gasteiger partial charge in [-0.25, -0.2) is 0 Å². The Balaban J connectivity index is 1.35. The highest BCUT2D eigenvalue weighted by Crippen LogP contribution is 2.28. The number of ether oxygens (including phenoxy) is 1. The molecule has 0 bridgehead atoms. The average Bonchev–Trinajstić information content (AvgIpc) is 2.81. The summed E-state index contributed by atoms with van der Waals surface area (Å²) in [7, 11) is 1.62. The molecule has 1 amide bonds. The molecule has 0 radical (unpaired) electrons. The lowest BCUT2D eigenvalue weighted by atomic mass is 9.99. The minimum atomic E-state index is -0.101. The maximum atomic E-state index is 12.6. The van der Waals surface area contributed by atoms with Gasteiger partial charge in [0.2, 0.25) is 0 Å². The van der Waals surface area contributed by atoms with Crippen LogP contribution >= 0.6 is 0 Å². The Morgan fingerprint density at radius 2 is 1.67 bits per heavy atom. The van der Waals surface area contributed by atoms with Crippen molar-refractivity contribution in [3.63, 3.8) is 0 Å². The second-order valence-corrected chi connectivity index (χ2v) is 8.50. The smallest absolute Gasteiger partial charge is 0.255 e. The van der Waals surface area contributed by atoms with Gasteiger partial charge < -0.3 is 19.9 Å². The predicted octanol–water partition coefficient (Wildman–Crippen LogP) is 4.71. The van der Waals surface area contributed by atoms with E-state index in [4.69, 9.17) is 4.74 Å². The molecule has 0 spiro atoms. The molecule has 0 unspecified atom stereocenters. The van der Waals surface area contributed by atoms with E-state index >= 15 is 0 Å². The van der Waals surface area contributed by atoms with Crippen molar-refractivity contribution in [2.24, 2.45) is 0 Å². The van der Waals surface area contributed by atoms with Gasteiger partial charge in [0, 0.05) is 36.1 Å². The molecule has 0 aromatic heterocycles. The van der Waals surface area contributed by atoms with Crippen molar-refractivity contribution in [1.29, 1.82) is 0 Å². The number of likely N-dealkylation sites (tertiary alicyclic amines) is 1. The van der Waals surface area contributed by atoms with Gasteiger partial charge in [-0.05, 0) is 93.7 Å². The molecule has 0 aliphatic carbocycles. The predicted molar refractivity (Wildman–Crippen MR) is 123 cm³/mol. The number of benzene rings is 2. The average molecular weight is 408 g/mol. The number of carbonyl (C=O) groups is 1. The molecule has 2 aromatic carbocycles. The monoisotopic (exact) mass is 407 g/mol. The number of nitrogens with one attached hydrogen (secondary N) is 1. The molecule has 0 atom stereocenters. The van der Waals surface area contributed by atoms with Crippen LogP contribution in [0, 0.1) is 6.92 Å². The van der Waals surface area contributed by atoms with Crippen molar-refractivity contribution >= 4 is 17.3 Å². The Hall–Kier alpha value is -2.53. The first kappa shape index (κ1) is 20.7. The molecule has 30 heavy (non-hydrogen) atoms. The number of hydrogen-bond acceptors (Lipinski definition) is 4. The van der Waals surface area contributed by atoms with Crippen LogP contribution in [0.4, 0.5) is 11.4 Å². The minimum absolute atomic E-state index is 0.101. The van der Waals surface area contributed by atoms with Crippen LogP contribution in [0.3, 0.4) is 0 Å². The summed E-state index contributed by atoms with van der Waals surface area (Å²) in [6.07, 6.45) is 6.62. The molecule has 160 valence electrons. The molecule has 1 N–H and O–H groups in total. The molecular weight excluding hydrogens is 374 g/mol. The maximum Gasteiger partial charge on any atom is 0.255 e. The summed E-state index contributed by atoms with van der Waals surface area (Å²) in [5.74, 6) is 0.645. The van der Waals surface area contributed by atoms with Crippen molar-refractivity contribution in [3.05, 3.63) is 53.6 Å². The summed E-state index contributed by atoms with van der Waals surface area (Å²) in [5, 5.41) is 3.04. The first-order chi connectivity index (χ1) is 14.6. The van der Waals surface area contributed by atoms with Gasteiger partial charge in [0.05, 0.1) is 7.11 Å². The van der Waals surface area contributed by atoms with Crippen LogP contribution in [-0.4, -0.2) is 50.1 Å². The van der Waals surface area contributed by atoms with E-state index in [0.29, 0.717) is 5.56 Å².